The van der Waals surface area contributed by atoms with Gasteiger partial charge in [-0.2, -0.15) is 0 Å². The molecule has 118 valence electrons. The van der Waals surface area contributed by atoms with Crippen LogP contribution in [0.2, 0.25) is 0 Å². The van der Waals surface area contributed by atoms with Crippen LogP contribution in [0.5, 0.6) is 0 Å². The fourth-order valence-electron chi connectivity index (χ4n) is 2.86. The van der Waals surface area contributed by atoms with Crippen molar-refractivity contribution in [2.75, 3.05) is 13.1 Å². The molecule has 2 nitrogen and oxygen atoms in total. The van der Waals surface area contributed by atoms with Crippen molar-refractivity contribution in [1.29, 1.82) is 0 Å². The fourth-order valence-corrected chi connectivity index (χ4v) is 2.86. The van der Waals surface area contributed by atoms with Gasteiger partial charge in [0.25, 0.3) is 0 Å². The maximum Gasteiger partial charge on any atom is 0.0233 e. The molecule has 1 heterocycles. The second kappa shape index (κ2) is 7.95. The van der Waals surface area contributed by atoms with E-state index in [9.17, 15) is 0 Å². The predicted molar refractivity (Wildman–Crippen MR) is 91.2 cm³/mol. The Balaban J connectivity index is 1.95. The first kappa shape index (κ1) is 16.5. The van der Waals surface area contributed by atoms with E-state index in [4.69, 9.17) is 0 Å². The smallest absolute Gasteiger partial charge is 0.0233 e. The quantitative estimate of drug-likeness (QED) is 0.772. The van der Waals surface area contributed by atoms with Crippen molar-refractivity contribution in [1.82, 2.24) is 10.2 Å². The zero-order chi connectivity index (χ0) is 15.2. The van der Waals surface area contributed by atoms with Crippen molar-refractivity contribution in [3.63, 3.8) is 0 Å². The number of fused-ring (bicyclic) bond motifs is 1. The second-order valence-electron chi connectivity index (χ2n) is 7.35. The van der Waals surface area contributed by atoms with Crippen molar-refractivity contribution in [3.8, 4) is 0 Å². The van der Waals surface area contributed by atoms with Crippen LogP contribution in [0.1, 0.15) is 57.2 Å². The van der Waals surface area contributed by atoms with Crippen LogP contribution in [-0.2, 0) is 19.6 Å². The molecule has 1 N–H and O–H groups in total. The SMILES string of the molecule is CC(C)CCN(CCC(C)C)Cc1ccc2c(c1)CNC2. The molecule has 1 aromatic carbocycles. The molecule has 1 aliphatic heterocycles. The largest absolute Gasteiger partial charge is 0.309 e. The molecule has 0 amide bonds. The van der Waals surface area contributed by atoms with Gasteiger partial charge in [0.15, 0.2) is 0 Å². The van der Waals surface area contributed by atoms with Crippen LogP contribution in [0.3, 0.4) is 0 Å². The van der Waals surface area contributed by atoms with Gasteiger partial charge in [-0.3, -0.25) is 4.90 Å². The molecule has 0 aromatic heterocycles. The minimum absolute atomic E-state index is 0.788. The highest BCUT2D eigenvalue weighted by Gasteiger charge is 2.12. The van der Waals surface area contributed by atoms with E-state index in [2.05, 4.69) is 56.1 Å². The number of hydrogen-bond donors (Lipinski definition) is 1. The van der Waals surface area contributed by atoms with Gasteiger partial charge in [0.2, 0.25) is 0 Å². The predicted octanol–water partition coefficient (Wildman–Crippen LogP) is 4.18. The highest BCUT2D eigenvalue weighted by atomic mass is 15.1. The molecule has 0 unspecified atom stereocenters. The molecule has 0 radical (unpaired) electrons. The Hall–Kier alpha value is -0.860. The average molecular weight is 288 g/mol. The second-order valence-corrected chi connectivity index (χ2v) is 7.35. The Kier molecular flexibility index (Phi) is 6.25. The zero-order valence-corrected chi connectivity index (χ0v) is 14.3. The van der Waals surface area contributed by atoms with Gasteiger partial charge in [-0.15, -0.1) is 0 Å². The summed E-state index contributed by atoms with van der Waals surface area (Å²) in [5.74, 6) is 1.58. The Morgan fingerprint density at radius 2 is 1.57 bits per heavy atom. The lowest BCUT2D eigenvalue weighted by molar-refractivity contribution is 0.235. The van der Waals surface area contributed by atoms with Crippen molar-refractivity contribution in [2.45, 2.75) is 60.2 Å². The van der Waals surface area contributed by atoms with Crippen molar-refractivity contribution in [3.05, 3.63) is 34.9 Å². The molecule has 0 bridgehead atoms. The van der Waals surface area contributed by atoms with Gasteiger partial charge in [0.1, 0.15) is 0 Å². The van der Waals surface area contributed by atoms with Crippen LogP contribution in [0, 0.1) is 11.8 Å². The first-order valence-electron chi connectivity index (χ1n) is 8.58. The third kappa shape index (κ3) is 5.44. The van der Waals surface area contributed by atoms with Gasteiger partial charge in [-0.1, -0.05) is 45.9 Å². The Bertz CT molecular complexity index is 425. The molecule has 2 rings (SSSR count). The number of hydrogen-bond acceptors (Lipinski definition) is 2. The maximum absolute atomic E-state index is 3.43. The van der Waals surface area contributed by atoms with Crippen LogP contribution in [0.4, 0.5) is 0 Å². The third-order valence-corrected chi connectivity index (χ3v) is 4.35. The Labute approximate surface area is 130 Å². The molecule has 0 fully saturated rings. The minimum atomic E-state index is 0.788. The van der Waals surface area contributed by atoms with E-state index in [0.29, 0.717) is 0 Å². The van der Waals surface area contributed by atoms with Crippen LogP contribution >= 0.6 is 0 Å². The first-order chi connectivity index (χ1) is 10.0. The number of nitrogens with zero attached hydrogens (tertiary/aromatic N) is 1. The molecule has 1 aliphatic rings. The summed E-state index contributed by atoms with van der Waals surface area (Å²) in [7, 11) is 0. The van der Waals surface area contributed by atoms with E-state index in [0.717, 1.165) is 31.5 Å². The summed E-state index contributed by atoms with van der Waals surface area (Å²) in [4.78, 5) is 2.64. The van der Waals surface area contributed by atoms with Crippen molar-refractivity contribution in [2.24, 2.45) is 11.8 Å². The van der Waals surface area contributed by atoms with E-state index in [-0.39, 0.29) is 0 Å². The highest BCUT2D eigenvalue weighted by molar-refractivity contribution is 5.34. The summed E-state index contributed by atoms with van der Waals surface area (Å²) in [5, 5.41) is 3.43. The topological polar surface area (TPSA) is 15.3 Å². The van der Waals surface area contributed by atoms with Gasteiger partial charge in [0, 0.05) is 19.6 Å². The number of nitrogens with one attached hydrogen (secondary N) is 1. The summed E-state index contributed by atoms with van der Waals surface area (Å²) in [6.07, 6.45) is 2.59. The van der Waals surface area contributed by atoms with E-state index >= 15 is 0 Å². The summed E-state index contributed by atoms with van der Waals surface area (Å²) >= 11 is 0. The summed E-state index contributed by atoms with van der Waals surface area (Å²) in [6.45, 7) is 14.9. The normalized spacial score (nSPS) is 14.4. The lowest BCUT2D eigenvalue weighted by Gasteiger charge is -2.24. The van der Waals surface area contributed by atoms with E-state index in [1.807, 2.05) is 0 Å². The van der Waals surface area contributed by atoms with E-state index in [1.54, 1.807) is 0 Å². The Morgan fingerprint density at radius 3 is 2.19 bits per heavy atom. The highest BCUT2D eigenvalue weighted by Crippen LogP contribution is 2.19. The third-order valence-electron chi connectivity index (χ3n) is 4.35. The van der Waals surface area contributed by atoms with E-state index < -0.39 is 0 Å². The standard InChI is InChI=1S/C19H32N2/c1-15(2)7-9-21(10-8-16(3)4)14-17-5-6-18-12-20-13-19(18)11-17/h5-6,11,15-16,20H,7-10,12-14H2,1-4H3. The van der Waals surface area contributed by atoms with Gasteiger partial charge in [-0.05, 0) is 54.5 Å². The molecule has 21 heavy (non-hydrogen) atoms. The molecule has 0 aliphatic carbocycles. The molecule has 2 heteroatoms. The average Bonchev–Trinajstić information content (AvgIpc) is 2.89. The molecule has 1 aromatic rings. The Morgan fingerprint density at radius 1 is 0.952 bits per heavy atom. The van der Waals surface area contributed by atoms with Gasteiger partial charge >= 0.3 is 0 Å². The summed E-state index contributed by atoms with van der Waals surface area (Å²) in [6, 6.07) is 7.05. The molecular weight excluding hydrogens is 256 g/mol. The van der Waals surface area contributed by atoms with Crippen LogP contribution in [0.15, 0.2) is 18.2 Å². The molecular formula is C19H32N2. The fraction of sp³-hybridized carbons (Fsp3) is 0.684. The van der Waals surface area contributed by atoms with Gasteiger partial charge in [-0.25, -0.2) is 0 Å². The van der Waals surface area contributed by atoms with Gasteiger partial charge in [0.05, 0.1) is 0 Å². The van der Waals surface area contributed by atoms with E-state index in [1.165, 1.54) is 42.6 Å². The molecule has 0 saturated carbocycles. The lowest BCUT2D eigenvalue weighted by Crippen LogP contribution is -2.27. The summed E-state index contributed by atoms with van der Waals surface area (Å²) < 4.78 is 0. The van der Waals surface area contributed by atoms with Crippen molar-refractivity contribution >= 4 is 0 Å². The molecule has 0 saturated heterocycles. The monoisotopic (exact) mass is 288 g/mol. The van der Waals surface area contributed by atoms with Crippen molar-refractivity contribution < 1.29 is 0 Å². The summed E-state index contributed by atoms with van der Waals surface area (Å²) in [5.41, 5.74) is 4.46. The van der Waals surface area contributed by atoms with Crippen LogP contribution in [-0.4, -0.2) is 18.0 Å². The zero-order valence-electron chi connectivity index (χ0n) is 14.3. The minimum Gasteiger partial charge on any atom is -0.309 e. The maximum atomic E-state index is 3.43. The molecule has 0 atom stereocenters. The van der Waals surface area contributed by atoms with Crippen LogP contribution in [0.25, 0.3) is 0 Å². The number of benzene rings is 1. The lowest BCUT2D eigenvalue weighted by atomic mass is 10.0. The van der Waals surface area contributed by atoms with Gasteiger partial charge < -0.3 is 5.32 Å². The molecule has 0 spiro atoms. The number of rotatable bonds is 8. The first-order valence-corrected chi connectivity index (χ1v) is 8.58. The van der Waals surface area contributed by atoms with Crippen LogP contribution < -0.4 is 5.32 Å².